The quantitative estimate of drug-likeness (QED) is 0.798. The predicted molar refractivity (Wildman–Crippen MR) is 69.4 cm³/mol. The fourth-order valence-corrected chi connectivity index (χ4v) is 4.21. The van der Waals surface area contributed by atoms with Crippen LogP contribution in [0.5, 0.6) is 0 Å². The number of hydrogen-bond donors (Lipinski definition) is 1. The largest absolute Gasteiger partial charge is 0.329 e. The predicted octanol–water partition coefficient (Wildman–Crippen LogP) is 2.77. The van der Waals surface area contributed by atoms with Crippen LogP contribution >= 0.6 is 0 Å². The summed E-state index contributed by atoms with van der Waals surface area (Å²) in [5.74, 6) is 0. The van der Waals surface area contributed by atoms with E-state index in [0.29, 0.717) is 5.41 Å². The summed E-state index contributed by atoms with van der Waals surface area (Å²) in [6, 6.07) is 0.793. The van der Waals surface area contributed by atoms with E-state index in [1.807, 2.05) is 0 Å². The lowest BCUT2D eigenvalue weighted by Gasteiger charge is -2.50. The first-order valence-electron chi connectivity index (χ1n) is 6.96. The Morgan fingerprint density at radius 2 is 1.75 bits per heavy atom. The molecule has 0 aromatic rings. The van der Waals surface area contributed by atoms with Crippen molar-refractivity contribution in [1.82, 2.24) is 4.90 Å². The molecule has 2 nitrogen and oxygen atoms in total. The van der Waals surface area contributed by atoms with Crippen molar-refractivity contribution in [3.8, 4) is 0 Å². The molecule has 2 aliphatic carbocycles. The zero-order chi connectivity index (χ0) is 11.8. The maximum atomic E-state index is 6.17. The Balaban J connectivity index is 2.19. The normalized spacial score (nSPS) is 35.1. The maximum Gasteiger partial charge on any atom is 0.0382 e. The van der Waals surface area contributed by atoms with Crippen LogP contribution in [0.3, 0.4) is 0 Å². The highest BCUT2D eigenvalue weighted by Crippen LogP contribution is 2.50. The highest BCUT2D eigenvalue weighted by molar-refractivity contribution is 5.07. The molecule has 94 valence electrons. The van der Waals surface area contributed by atoms with Crippen molar-refractivity contribution >= 4 is 0 Å². The molecule has 16 heavy (non-hydrogen) atoms. The van der Waals surface area contributed by atoms with Crippen molar-refractivity contribution in [2.45, 2.75) is 70.4 Å². The summed E-state index contributed by atoms with van der Waals surface area (Å²) in [6.07, 6.45) is 9.57. The first kappa shape index (κ1) is 12.4. The van der Waals surface area contributed by atoms with E-state index in [1.165, 1.54) is 44.9 Å². The van der Waals surface area contributed by atoms with Crippen molar-refractivity contribution in [1.29, 1.82) is 0 Å². The van der Waals surface area contributed by atoms with E-state index in [0.717, 1.165) is 12.6 Å². The molecule has 2 N–H and O–H groups in total. The summed E-state index contributed by atoms with van der Waals surface area (Å²) < 4.78 is 0. The van der Waals surface area contributed by atoms with Gasteiger partial charge in [0.05, 0.1) is 0 Å². The van der Waals surface area contributed by atoms with Gasteiger partial charge in [0.15, 0.2) is 0 Å². The maximum absolute atomic E-state index is 6.17. The van der Waals surface area contributed by atoms with Crippen LogP contribution in [0.1, 0.15) is 58.8 Å². The van der Waals surface area contributed by atoms with Crippen molar-refractivity contribution in [2.24, 2.45) is 11.1 Å². The Morgan fingerprint density at radius 3 is 2.19 bits per heavy atom. The van der Waals surface area contributed by atoms with E-state index in [1.54, 1.807) is 0 Å². The van der Waals surface area contributed by atoms with Crippen molar-refractivity contribution in [2.75, 3.05) is 13.6 Å². The molecule has 2 heteroatoms. The van der Waals surface area contributed by atoms with Crippen LogP contribution in [0.4, 0.5) is 0 Å². The van der Waals surface area contributed by atoms with Crippen molar-refractivity contribution in [3.63, 3.8) is 0 Å². The highest BCUT2D eigenvalue weighted by Gasteiger charge is 2.51. The molecule has 2 aliphatic rings. The lowest BCUT2D eigenvalue weighted by molar-refractivity contribution is 0.00348. The van der Waals surface area contributed by atoms with Crippen LogP contribution < -0.4 is 5.73 Å². The summed E-state index contributed by atoms with van der Waals surface area (Å²) in [5, 5.41) is 0. The van der Waals surface area contributed by atoms with Gasteiger partial charge in [-0.2, -0.15) is 0 Å². The molecule has 0 amide bonds. The van der Waals surface area contributed by atoms with Gasteiger partial charge in [0.1, 0.15) is 0 Å². The van der Waals surface area contributed by atoms with E-state index < -0.39 is 0 Å². The van der Waals surface area contributed by atoms with Crippen LogP contribution in [0.2, 0.25) is 0 Å². The van der Waals surface area contributed by atoms with Gasteiger partial charge >= 0.3 is 0 Å². The zero-order valence-electron chi connectivity index (χ0n) is 11.3. The molecule has 0 spiro atoms. The van der Waals surface area contributed by atoms with Gasteiger partial charge in [-0.25, -0.2) is 0 Å². The van der Waals surface area contributed by atoms with Gasteiger partial charge in [0.2, 0.25) is 0 Å². The number of nitrogens with two attached hydrogens (primary N) is 1. The van der Waals surface area contributed by atoms with E-state index in [-0.39, 0.29) is 5.54 Å². The monoisotopic (exact) mass is 224 g/mol. The fourth-order valence-electron chi connectivity index (χ4n) is 4.21. The topological polar surface area (TPSA) is 29.3 Å². The average Bonchev–Trinajstić information content (AvgIpc) is 2.84. The first-order valence-corrected chi connectivity index (χ1v) is 6.96. The SMILES string of the molecule is CN(C1CCCC1)C1(CN)CCCC1(C)C. The molecular weight excluding hydrogens is 196 g/mol. The second kappa shape index (κ2) is 4.30. The summed E-state index contributed by atoms with van der Waals surface area (Å²) in [6.45, 7) is 5.66. The number of rotatable bonds is 3. The summed E-state index contributed by atoms with van der Waals surface area (Å²) in [7, 11) is 2.33. The second-order valence-electron chi connectivity index (χ2n) is 6.52. The van der Waals surface area contributed by atoms with Gasteiger partial charge in [-0.15, -0.1) is 0 Å². The lowest BCUT2D eigenvalue weighted by Crippen LogP contribution is -2.60. The molecule has 0 aromatic carbocycles. The average molecular weight is 224 g/mol. The minimum absolute atomic E-state index is 0.266. The van der Waals surface area contributed by atoms with Crippen LogP contribution in [0, 0.1) is 5.41 Å². The molecule has 0 radical (unpaired) electrons. The fraction of sp³-hybridized carbons (Fsp3) is 1.00. The van der Waals surface area contributed by atoms with E-state index in [4.69, 9.17) is 5.73 Å². The third-order valence-corrected chi connectivity index (χ3v) is 5.54. The number of likely N-dealkylation sites (N-methyl/N-ethyl adjacent to an activating group) is 1. The van der Waals surface area contributed by atoms with Gasteiger partial charge in [-0.05, 0) is 38.1 Å². The first-order chi connectivity index (χ1) is 7.53. The van der Waals surface area contributed by atoms with Crippen LogP contribution in [0.15, 0.2) is 0 Å². The summed E-state index contributed by atoms with van der Waals surface area (Å²) in [5.41, 5.74) is 6.83. The van der Waals surface area contributed by atoms with E-state index in [9.17, 15) is 0 Å². The molecule has 2 fully saturated rings. The Kier molecular flexibility index (Phi) is 3.33. The van der Waals surface area contributed by atoms with Gasteiger partial charge in [0, 0.05) is 18.1 Å². The van der Waals surface area contributed by atoms with Crippen molar-refractivity contribution < 1.29 is 0 Å². The second-order valence-corrected chi connectivity index (χ2v) is 6.52. The Labute approximate surface area is 101 Å². The molecule has 2 saturated carbocycles. The molecule has 2 rings (SSSR count). The van der Waals surface area contributed by atoms with E-state index in [2.05, 4.69) is 25.8 Å². The lowest BCUT2D eigenvalue weighted by atomic mass is 9.73. The van der Waals surface area contributed by atoms with Crippen LogP contribution in [-0.4, -0.2) is 30.1 Å². The molecule has 0 bridgehead atoms. The molecule has 0 saturated heterocycles. The minimum atomic E-state index is 0.266. The summed E-state index contributed by atoms with van der Waals surface area (Å²) in [4.78, 5) is 2.66. The van der Waals surface area contributed by atoms with E-state index >= 15 is 0 Å². The minimum Gasteiger partial charge on any atom is -0.329 e. The van der Waals surface area contributed by atoms with Gasteiger partial charge in [-0.3, -0.25) is 4.90 Å². The number of nitrogens with zero attached hydrogens (tertiary/aromatic N) is 1. The summed E-state index contributed by atoms with van der Waals surface area (Å²) >= 11 is 0. The van der Waals surface area contributed by atoms with Gasteiger partial charge < -0.3 is 5.73 Å². The Bertz CT molecular complexity index is 243. The van der Waals surface area contributed by atoms with Crippen LogP contribution in [-0.2, 0) is 0 Å². The molecular formula is C14H28N2. The van der Waals surface area contributed by atoms with Crippen LogP contribution in [0.25, 0.3) is 0 Å². The Hall–Kier alpha value is -0.0800. The standard InChI is InChI=1S/C14H28N2/c1-13(2)9-6-10-14(13,11-15)16(3)12-7-4-5-8-12/h12H,4-11,15H2,1-3H3. The third-order valence-electron chi connectivity index (χ3n) is 5.54. The zero-order valence-corrected chi connectivity index (χ0v) is 11.3. The molecule has 0 heterocycles. The molecule has 0 aromatic heterocycles. The molecule has 1 atom stereocenters. The highest BCUT2D eigenvalue weighted by atomic mass is 15.2. The molecule has 0 aliphatic heterocycles. The molecule has 1 unspecified atom stereocenters. The number of hydrogen-bond acceptors (Lipinski definition) is 2. The third kappa shape index (κ3) is 1.70. The van der Waals surface area contributed by atoms with Crippen molar-refractivity contribution in [3.05, 3.63) is 0 Å². The van der Waals surface area contributed by atoms with Gasteiger partial charge in [-0.1, -0.05) is 33.1 Å². The smallest absolute Gasteiger partial charge is 0.0382 e. The van der Waals surface area contributed by atoms with Gasteiger partial charge in [0.25, 0.3) is 0 Å². The Morgan fingerprint density at radius 1 is 1.12 bits per heavy atom.